The van der Waals surface area contributed by atoms with Gasteiger partial charge in [-0.1, -0.05) is 0 Å². The van der Waals surface area contributed by atoms with Crippen molar-refractivity contribution in [3.8, 4) is 0 Å². The Morgan fingerprint density at radius 1 is 1.53 bits per heavy atom. The van der Waals surface area contributed by atoms with Crippen molar-refractivity contribution in [2.24, 2.45) is 12.1 Å². The van der Waals surface area contributed by atoms with E-state index in [4.69, 9.17) is 0 Å². The quantitative estimate of drug-likeness (QED) is 0.712. The summed E-state index contributed by atoms with van der Waals surface area (Å²) in [7, 11) is -1.35. The maximum Gasteiger partial charge on any atom is 0.211 e. The summed E-state index contributed by atoms with van der Waals surface area (Å²) in [5.41, 5.74) is 6.27. The average Bonchev–Trinajstić information content (AvgIpc) is 2.63. The van der Waals surface area contributed by atoms with Crippen LogP contribution in [-0.2, 0) is 30.0 Å². The number of aliphatic hydroxyl groups excluding tert-OH is 1. The van der Waals surface area contributed by atoms with Crippen LogP contribution in [0.3, 0.4) is 0 Å². The Kier molecular flexibility index (Phi) is 2.70. The molecule has 0 aromatic carbocycles. The number of fused-ring (bicyclic) bond motifs is 3. The van der Waals surface area contributed by atoms with Crippen LogP contribution in [0.15, 0.2) is 5.10 Å². The summed E-state index contributed by atoms with van der Waals surface area (Å²) >= 11 is 0. The first kappa shape index (κ1) is 12.6. The second kappa shape index (κ2) is 4.06. The van der Waals surface area contributed by atoms with Crippen molar-refractivity contribution in [1.82, 2.24) is 14.3 Å². The van der Waals surface area contributed by atoms with Gasteiger partial charge >= 0.3 is 0 Å². The molecule has 3 heterocycles. The third kappa shape index (κ3) is 1.87. The highest BCUT2D eigenvalue weighted by Gasteiger charge is 2.32. The fraction of sp³-hybridized carbons (Fsp3) is 0.545. The number of hydrogen-bond donors (Lipinski definition) is 2. The predicted molar refractivity (Wildman–Crippen MR) is 70.1 cm³/mol. The Morgan fingerprint density at radius 2 is 2.26 bits per heavy atom. The van der Waals surface area contributed by atoms with Crippen molar-refractivity contribution in [3.63, 3.8) is 0 Å². The summed E-state index contributed by atoms with van der Waals surface area (Å²) in [5.74, 6) is 0. The number of hydrazone groups is 1. The smallest absolute Gasteiger partial charge is 0.211 e. The molecule has 2 aliphatic rings. The molecule has 0 aliphatic carbocycles. The topological polar surface area (TPSA) is 86.9 Å². The van der Waals surface area contributed by atoms with Crippen molar-refractivity contribution >= 4 is 16.2 Å². The van der Waals surface area contributed by atoms with Crippen LogP contribution >= 0.6 is 0 Å². The van der Waals surface area contributed by atoms with E-state index in [-0.39, 0.29) is 0 Å². The van der Waals surface area contributed by atoms with Crippen LogP contribution in [0.4, 0.5) is 0 Å². The van der Waals surface area contributed by atoms with Gasteiger partial charge in [0.25, 0.3) is 0 Å². The van der Waals surface area contributed by atoms with Crippen molar-refractivity contribution in [1.29, 1.82) is 0 Å². The molecule has 3 rings (SSSR count). The monoisotopic (exact) mass is 284 g/mol. The fourth-order valence-corrected chi connectivity index (χ4v) is 3.57. The van der Waals surface area contributed by atoms with Gasteiger partial charge in [0.1, 0.15) is 0 Å². The van der Waals surface area contributed by atoms with Gasteiger partial charge in [0.15, 0.2) is 6.23 Å². The first-order valence-corrected chi connectivity index (χ1v) is 7.86. The van der Waals surface area contributed by atoms with Crippen molar-refractivity contribution in [3.05, 3.63) is 22.5 Å². The zero-order valence-electron chi connectivity index (χ0n) is 10.8. The summed E-state index contributed by atoms with van der Waals surface area (Å²) in [6, 6.07) is 0. The third-order valence-corrected chi connectivity index (χ3v) is 5.02. The molecular formula is C11H16N4O3S. The van der Waals surface area contributed by atoms with Crippen LogP contribution in [0.5, 0.6) is 0 Å². The van der Waals surface area contributed by atoms with Gasteiger partial charge in [-0.3, -0.25) is 5.43 Å². The van der Waals surface area contributed by atoms with Gasteiger partial charge in [-0.15, -0.1) is 0 Å². The molecule has 0 spiro atoms. The van der Waals surface area contributed by atoms with E-state index >= 15 is 0 Å². The zero-order chi connectivity index (χ0) is 13.8. The lowest BCUT2D eigenvalue weighted by molar-refractivity contribution is 0.131. The average molecular weight is 284 g/mol. The van der Waals surface area contributed by atoms with E-state index in [9.17, 15) is 13.5 Å². The second-order valence-corrected chi connectivity index (χ2v) is 6.90. The summed E-state index contributed by atoms with van der Waals surface area (Å²) in [4.78, 5) is 0. The lowest BCUT2D eigenvalue weighted by atomic mass is 10.0. The van der Waals surface area contributed by atoms with Crippen LogP contribution in [0.25, 0.3) is 0 Å². The van der Waals surface area contributed by atoms with Crippen LogP contribution in [0.2, 0.25) is 0 Å². The maximum absolute atomic E-state index is 11.6. The minimum atomic E-state index is -3.19. The highest BCUT2D eigenvalue weighted by Crippen LogP contribution is 2.31. The van der Waals surface area contributed by atoms with Crippen LogP contribution in [0, 0.1) is 0 Å². The lowest BCUT2D eigenvalue weighted by Gasteiger charge is -2.25. The largest absolute Gasteiger partial charge is 0.367 e. The third-order valence-electron chi connectivity index (χ3n) is 3.77. The molecule has 1 unspecified atom stereocenters. The summed E-state index contributed by atoms with van der Waals surface area (Å²) < 4.78 is 26.6. The molecule has 0 saturated heterocycles. The Bertz CT molecular complexity index is 662. The highest BCUT2D eigenvalue weighted by atomic mass is 32.2. The molecular weight excluding hydrogens is 268 g/mol. The number of sulfonamides is 1. The molecule has 0 saturated carbocycles. The summed E-state index contributed by atoms with van der Waals surface area (Å²) in [6.45, 7) is 0.817. The SMILES string of the molecule is Cn1c2c(c3c1C(O)NN=C3)CCN(S(C)(=O)=O)C2. The van der Waals surface area contributed by atoms with E-state index in [1.165, 1.54) is 10.6 Å². The van der Waals surface area contributed by atoms with Crippen molar-refractivity contribution in [2.75, 3.05) is 12.8 Å². The number of hydrogen-bond acceptors (Lipinski definition) is 5. The van der Waals surface area contributed by atoms with Crippen LogP contribution in [0.1, 0.15) is 28.7 Å². The molecule has 0 radical (unpaired) electrons. The second-order valence-electron chi connectivity index (χ2n) is 4.92. The van der Waals surface area contributed by atoms with E-state index < -0.39 is 16.3 Å². The minimum Gasteiger partial charge on any atom is -0.367 e. The van der Waals surface area contributed by atoms with E-state index in [1.54, 1.807) is 6.21 Å². The van der Waals surface area contributed by atoms with E-state index in [0.29, 0.717) is 19.5 Å². The molecule has 0 bridgehead atoms. The Balaban J connectivity index is 2.10. The predicted octanol–water partition coefficient (Wildman–Crippen LogP) is -0.729. The number of aromatic nitrogens is 1. The maximum atomic E-state index is 11.6. The summed E-state index contributed by atoms with van der Waals surface area (Å²) in [6.07, 6.45) is 2.71. The zero-order valence-corrected chi connectivity index (χ0v) is 11.6. The molecule has 2 aliphatic heterocycles. The first-order chi connectivity index (χ1) is 8.89. The Morgan fingerprint density at radius 3 is 2.95 bits per heavy atom. The van der Waals surface area contributed by atoms with Gasteiger partial charge in [-0.25, -0.2) is 8.42 Å². The van der Waals surface area contributed by atoms with Gasteiger partial charge in [0.05, 0.1) is 24.7 Å². The lowest BCUT2D eigenvalue weighted by Crippen LogP contribution is -2.35. The molecule has 1 atom stereocenters. The molecule has 1 aromatic rings. The van der Waals surface area contributed by atoms with Crippen LogP contribution in [-0.4, -0.2) is 41.4 Å². The van der Waals surface area contributed by atoms with Gasteiger partial charge in [0.2, 0.25) is 10.0 Å². The molecule has 2 N–H and O–H groups in total. The van der Waals surface area contributed by atoms with E-state index in [1.807, 2.05) is 11.6 Å². The highest BCUT2D eigenvalue weighted by molar-refractivity contribution is 7.88. The van der Waals surface area contributed by atoms with Gasteiger partial charge in [-0.2, -0.15) is 9.41 Å². The molecule has 0 fully saturated rings. The number of nitrogens with zero attached hydrogens (tertiary/aromatic N) is 3. The Hall–Kier alpha value is -1.38. The summed E-state index contributed by atoms with van der Waals surface area (Å²) in [5, 5.41) is 13.9. The van der Waals surface area contributed by atoms with E-state index in [0.717, 1.165) is 22.5 Å². The number of aliphatic hydroxyl groups is 1. The molecule has 104 valence electrons. The van der Waals surface area contributed by atoms with Gasteiger partial charge < -0.3 is 9.67 Å². The number of rotatable bonds is 1. The van der Waals surface area contributed by atoms with E-state index in [2.05, 4.69) is 10.5 Å². The Labute approximate surface area is 111 Å². The minimum absolute atomic E-state index is 0.345. The normalized spacial score (nSPS) is 22.8. The molecule has 7 nitrogen and oxygen atoms in total. The van der Waals surface area contributed by atoms with Gasteiger partial charge in [-0.05, 0) is 12.0 Å². The fourth-order valence-electron chi connectivity index (χ4n) is 2.79. The molecule has 1 aromatic heterocycles. The number of nitrogens with one attached hydrogen (secondary N) is 1. The first-order valence-electron chi connectivity index (χ1n) is 6.01. The molecule has 19 heavy (non-hydrogen) atoms. The van der Waals surface area contributed by atoms with Gasteiger partial charge in [0, 0.05) is 24.8 Å². The molecule has 8 heteroatoms. The van der Waals surface area contributed by atoms with Crippen molar-refractivity contribution < 1.29 is 13.5 Å². The van der Waals surface area contributed by atoms with Crippen LogP contribution < -0.4 is 5.43 Å². The molecule has 0 amide bonds. The van der Waals surface area contributed by atoms with Crippen molar-refractivity contribution in [2.45, 2.75) is 19.2 Å². The standard InChI is InChI=1S/C11H16N4O3S/c1-14-9-6-15(19(2,17)18)4-3-7(9)8-5-12-13-11(16)10(8)14/h5,11,13,16H,3-4,6H2,1-2H3.